The van der Waals surface area contributed by atoms with Gasteiger partial charge >= 0.3 is 0 Å². The first kappa shape index (κ1) is 24.5. The summed E-state index contributed by atoms with van der Waals surface area (Å²) in [6.07, 6.45) is 1.65. The van der Waals surface area contributed by atoms with E-state index in [-0.39, 0.29) is 16.6 Å². The van der Waals surface area contributed by atoms with Crippen molar-refractivity contribution in [2.24, 2.45) is 0 Å². The number of benzene rings is 3. The molecule has 174 valence electrons. The fraction of sp³-hybridized carbons (Fsp3) is 0.120. The number of hydrogen-bond acceptors (Lipinski definition) is 5. The largest absolute Gasteiger partial charge is 0.490 e. The van der Waals surface area contributed by atoms with Crippen LogP contribution in [0.1, 0.15) is 18.1 Å². The SMILES string of the molecule is CCOc1cc(/C=C2\SC(=S)N(c3ccccc3F)C2=O)cc(Cl)c1OCc1ccc(Cl)cc1. The number of amides is 1. The number of para-hydroxylation sites is 1. The molecule has 34 heavy (non-hydrogen) atoms. The molecule has 1 aliphatic heterocycles. The van der Waals surface area contributed by atoms with E-state index in [9.17, 15) is 9.18 Å². The summed E-state index contributed by atoms with van der Waals surface area (Å²) in [5.74, 6) is -0.0875. The van der Waals surface area contributed by atoms with Crippen LogP contribution in [0.15, 0.2) is 65.6 Å². The van der Waals surface area contributed by atoms with Crippen LogP contribution in [0.3, 0.4) is 0 Å². The molecule has 0 saturated carbocycles. The highest BCUT2D eigenvalue weighted by Crippen LogP contribution is 2.41. The van der Waals surface area contributed by atoms with E-state index in [1.165, 1.54) is 17.0 Å². The molecular formula is C25H18Cl2FNO3S2. The maximum Gasteiger partial charge on any atom is 0.270 e. The molecule has 1 fully saturated rings. The lowest BCUT2D eigenvalue weighted by Gasteiger charge is -2.15. The molecule has 3 aromatic carbocycles. The molecule has 0 unspecified atom stereocenters. The predicted octanol–water partition coefficient (Wildman–Crippen LogP) is 7.52. The summed E-state index contributed by atoms with van der Waals surface area (Å²) < 4.78 is 26.2. The minimum Gasteiger partial charge on any atom is -0.490 e. The van der Waals surface area contributed by atoms with Crippen LogP contribution in [0.5, 0.6) is 11.5 Å². The van der Waals surface area contributed by atoms with E-state index in [2.05, 4.69) is 0 Å². The normalized spacial score (nSPS) is 14.7. The molecule has 1 heterocycles. The first-order chi connectivity index (χ1) is 16.4. The van der Waals surface area contributed by atoms with Crippen LogP contribution in [-0.4, -0.2) is 16.8 Å². The third kappa shape index (κ3) is 5.39. The van der Waals surface area contributed by atoms with Crippen LogP contribution < -0.4 is 14.4 Å². The van der Waals surface area contributed by atoms with Crippen molar-refractivity contribution in [3.05, 3.63) is 92.6 Å². The molecule has 0 aliphatic carbocycles. The van der Waals surface area contributed by atoms with E-state index in [1.807, 2.05) is 19.1 Å². The van der Waals surface area contributed by atoms with Gasteiger partial charge in [0.25, 0.3) is 5.91 Å². The van der Waals surface area contributed by atoms with Crippen molar-refractivity contribution in [3.63, 3.8) is 0 Å². The van der Waals surface area contributed by atoms with Crippen molar-refractivity contribution >= 4 is 69.2 Å². The van der Waals surface area contributed by atoms with Gasteiger partial charge in [-0.1, -0.05) is 71.4 Å². The minimum absolute atomic E-state index is 0.118. The van der Waals surface area contributed by atoms with Crippen molar-refractivity contribution in [3.8, 4) is 11.5 Å². The fourth-order valence-corrected chi connectivity index (χ4v) is 4.95. The zero-order chi connectivity index (χ0) is 24.2. The lowest BCUT2D eigenvalue weighted by atomic mass is 10.1. The third-order valence-electron chi connectivity index (χ3n) is 4.81. The van der Waals surface area contributed by atoms with Gasteiger partial charge in [0.05, 0.1) is 22.2 Å². The molecule has 1 amide bonds. The number of halogens is 3. The zero-order valence-corrected chi connectivity index (χ0v) is 21.0. The van der Waals surface area contributed by atoms with Crippen molar-refractivity contribution in [1.82, 2.24) is 0 Å². The Balaban J connectivity index is 1.60. The van der Waals surface area contributed by atoms with Crippen molar-refractivity contribution in [1.29, 1.82) is 0 Å². The Bertz CT molecular complexity index is 1280. The zero-order valence-electron chi connectivity index (χ0n) is 17.9. The maximum absolute atomic E-state index is 14.3. The predicted molar refractivity (Wildman–Crippen MR) is 140 cm³/mol. The Morgan fingerprint density at radius 3 is 2.53 bits per heavy atom. The van der Waals surface area contributed by atoms with Gasteiger partial charge in [0.15, 0.2) is 15.8 Å². The first-order valence-electron chi connectivity index (χ1n) is 10.2. The second-order valence-electron chi connectivity index (χ2n) is 7.15. The Kier molecular flexibility index (Phi) is 7.78. The summed E-state index contributed by atoms with van der Waals surface area (Å²) >= 11 is 18.9. The number of hydrogen-bond donors (Lipinski definition) is 0. The van der Waals surface area contributed by atoms with Gasteiger partial charge in [-0.25, -0.2) is 4.39 Å². The topological polar surface area (TPSA) is 38.8 Å². The van der Waals surface area contributed by atoms with Crippen LogP contribution >= 0.6 is 47.2 Å². The van der Waals surface area contributed by atoms with E-state index >= 15 is 0 Å². The summed E-state index contributed by atoms with van der Waals surface area (Å²) in [6.45, 7) is 2.52. The van der Waals surface area contributed by atoms with Gasteiger partial charge in [0, 0.05) is 5.02 Å². The second kappa shape index (κ2) is 10.8. The second-order valence-corrected chi connectivity index (χ2v) is 9.67. The number of ether oxygens (including phenoxy) is 2. The molecular weight excluding hydrogens is 516 g/mol. The van der Waals surface area contributed by atoms with Crippen molar-refractivity contribution < 1.29 is 18.7 Å². The molecule has 1 aliphatic rings. The van der Waals surface area contributed by atoms with E-state index in [1.54, 1.807) is 42.5 Å². The van der Waals surface area contributed by atoms with Gasteiger partial charge in [0.2, 0.25) is 0 Å². The van der Waals surface area contributed by atoms with Crippen molar-refractivity contribution in [2.45, 2.75) is 13.5 Å². The van der Waals surface area contributed by atoms with E-state index < -0.39 is 11.7 Å². The average Bonchev–Trinajstić information content (AvgIpc) is 3.07. The van der Waals surface area contributed by atoms with Gasteiger partial charge < -0.3 is 9.47 Å². The van der Waals surface area contributed by atoms with E-state index in [0.29, 0.717) is 38.6 Å². The molecule has 3 aromatic rings. The molecule has 0 spiro atoms. The molecule has 0 radical (unpaired) electrons. The number of thioether (sulfide) groups is 1. The Morgan fingerprint density at radius 2 is 1.82 bits per heavy atom. The van der Waals surface area contributed by atoms with Gasteiger partial charge in [-0.3, -0.25) is 9.69 Å². The highest BCUT2D eigenvalue weighted by atomic mass is 35.5. The summed E-state index contributed by atoms with van der Waals surface area (Å²) in [6, 6.07) is 16.7. The number of carbonyl (C=O) groups is 1. The summed E-state index contributed by atoms with van der Waals surface area (Å²) in [5, 5.41) is 0.970. The Hall–Kier alpha value is -2.58. The Morgan fingerprint density at radius 1 is 1.09 bits per heavy atom. The van der Waals surface area contributed by atoms with Crippen LogP contribution in [0.25, 0.3) is 6.08 Å². The first-order valence-corrected chi connectivity index (χ1v) is 12.2. The quantitative estimate of drug-likeness (QED) is 0.232. The number of nitrogens with zero attached hydrogens (tertiary/aromatic N) is 1. The number of anilines is 1. The monoisotopic (exact) mass is 533 g/mol. The van der Waals surface area contributed by atoms with E-state index in [4.69, 9.17) is 44.9 Å². The molecule has 0 aromatic heterocycles. The van der Waals surface area contributed by atoms with Gasteiger partial charge in [-0.2, -0.15) is 0 Å². The standard InChI is InChI=1S/C25H18Cl2FNO3S2/c1-2-31-21-12-16(11-18(27)23(21)32-14-15-7-9-17(26)10-8-15)13-22-24(30)29(25(33)34-22)20-6-4-3-5-19(20)28/h3-13H,2,14H2,1H3/b22-13-. The van der Waals surface area contributed by atoms with E-state index in [0.717, 1.165) is 17.3 Å². The molecule has 4 rings (SSSR count). The maximum atomic E-state index is 14.3. The Labute approximate surface area is 216 Å². The molecule has 0 atom stereocenters. The fourth-order valence-electron chi connectivity index (χ4n) is 3.27. The van der Waals surface area contributed by atoms with Crippen LogP contribution in [0.2, 0.25) is 10.0 Å². The smallest absolute Gasteiger partial charge is 0.270 e. The molecule has 1 saturated heterocycles. The molecule has 4 nitrogen and oxygen atoms in total. The van der Waals surface area contributed by atoms with Gasteiger partial charge in [0.1, 0.15) is 12.4 Å². The number of carbonyl (C=O) groups excluding carboxylic acids is 1. The lowest BCUT2D eigenvalue weighted by molar-refractivity contribution is -0.113. The molecule has 0 bridgehead atoms. The molecule has 0 N–H and O–H groups in total. The number of rotatable bonds is 7. The van der Waals surface area contributed by atoms with Crippen LogP contribution in [0, 0.1) is 5.82 Å². The van der Waals surface area contributed by atoms with Crippen LogP contribution in [-0.2, 0) is 11.4 Å². The van der Waals surface area contributed by atoms with Crippen LogP contribution in [0.4, 0.5) is 10.1 Å². The third-order valence-corrected chi connectivity index (χ3v) is 6.65. The van der Waals surface area contributed by atoms with Crippen molar-refractivity contribution in [2.75, 3.05) is 11.5 Å². The average molecular weight is 534 g/mol. The minimum atomic E-state index is -0.524. The highest BCUT2D eigenvalue weighted by molar-refractivity contribution is 8.27. The summed E-state index contributed by atoms with van der Waals surface area (Å²) in [4.78, 5) is 14.5. The highest BCUT2D eigenvalue weighted by Gasteiger charge is 2.34. The lowest BCUT2D eigenvalue weighted by Crippen LogP contribution is -2.28. The molecule has 9 heteroatoms. The summed E-state index contributed by atoms with van der Waals surface area (Å²) in [5.41, 5.74) is 1.66. The summed E-state index contributed by atoms with van der Waals surface area (Å²) in [7, 11) is 0. The van der Waals surface area contributed by atoms with Gasteiger partial charge in [-0.15, -0.1) is 0 Å². The van der Waals surface area contributed by atoms with Gasteiger partial charge in [-0.05, 0) is 60.5 Å². The number of thiocarbonyl (C=S) groups is 1.